The van der Waals surface area contributed by atoms with Gasteiger partial charge in [-0.15, -0.1) is 0 Å². The second kappa shape index (κ2) is 9.19. The van der Waals surface area contributed by atoms with Crippen LogP contribution in [0.3, 0.4) is 0 Å². The van der Waals surface area contributed by atoms with E-state index in [-0.39, 0.29) is 18.7 Å². The van der Waals surface area contributed by atoms with Gasteiger partial charge in [-0.25, -0.2) is 9.69 Å². The Balaban J connectivity index is 1.59. The second-order valence-corrected chi connectivity index (χ2v) is 7.96. The molecule has 3 heterocycles. The Morgan fingerprint density at radius 2 is 1.71 bits per heavy atom. The zero-order valence-corrected chi connectivity index (χ0v) is 18.2. The molecule has 0 bridgehead atoms. The van der Waals surface area contributed by atoms with E-state index >= 15 is 0 Å². The molecule has 1 amide bonds. The fraction of sp³-hybridized carbons (Fsp3) is 0.154. The van der Waals surface area contributed by atoms with E-state index in [0.29, 0.717) is 17.9 Å². The molecule has 1 N–H and O–H groups in total. The monoisotopic (exact) mass is 454 g/mol. The highest BCUT2D eigenvalue weighted by molar-refractivity contribution is 6.01. The number of aliphatic carboxylic acids is 1. The van der Waals surface area contributed by atoms with Gasteiger partial charge in [-0.2, -0.15) is 10.2 Å². The van der Waals surface area contributed by atoms with Crippen LogP contribution in [-0.4, -0.2) is 37.5 Å². The maximum atomic E-state index is 13.1. The highest BCUT2D eigenvalue weighted by Crippen LogP contribution is 2.38. The number of para-hydroxylation sites is 1. The van der Waals surface area contributed by atoms with E-state index < -0.39 is 12.0 Å². The van der Waals surface area contributed by atoms with Crippen molar-refractivity contribution < 1.29 is 19.1 Å². The number of benzene rings is 2. The van der Waals surface area contributed by atoms with Crippen LogP contribution in [0.4, 0.5) is 0 Å². The van der Waals surface area contributed by atoms with Gasteiger partial charge < -0.3 is 9.52 Å². The van der Waals surface area contributed by atoms with Crippen LogP contribution in [0.15, 0.2) is 94.8 Å². The Labute approximate surface area is 195 Å². The topological polar surface area (TPSA) is 101 Å². The number of carboxylic acids is 1. The maximum absolute atomic E-state index is 13.1. The van der Waals surface area contributed by atoms with Gasteiger partial charge in [0.25, 0.3) is 0 Å². The summed E-state index contributed by atoms with van der Waals surface area (Å²) in [6.07, 6.45) is 3.49. The summed E-state index contributed by atoms with van der Waals surface area (Å²) in [4.78, 5) is 24.2. The van der Waals surface area contributed by atoms with Crippen molar-refractivity contribution >= 4 is 17.6 Å². The van der Waals surface area contributed by atoms with Crippen LogP contribution < -0.4 is 0 Å². The molecule has 0 saturated heterocycles. The summed E-state index contributed by atoms with van der Waals surface area (Å²) in [6.45, 7) is 0. The summed E-state index contributed by atoms with van der Waals surface area (Å²) < 4.78 is 7.33. The molecule has 0 radical (unpaired) electrons. The standard InChI is InChI=1S/C26H22N4O4/c31-24(13-14-25(32)33)30-22(16-21(27-30)23-12-7-15-34-23)20-17-29(19-10-5-2-6-11-19)28-26(20)18-8-3-1-4-9-18/h1-12,15,17,22H,13-14,16H2,(H,32,33)/t22-/m0/s1. The molecule has 2 aromatic carbocycles. The molecule has 5 rings (SSSR count). The van der Waals surface area contributed by atoms with Crippen molar-refractivity contribution in [2.75, 3.05) is 0 Å². The Hall–Kier alpha value is -4.46. The fourth-order valence-electron chi connectivity index (χ4n) is 4.07. The fourth-order valence-corrected chi connectivity index (χ4v) is 4.07. The molecule has 1 aliphatic heterocycles. The zero-order valence-electron chi connectivity index (χ0n) is 18.2. The summed E-state index contributed by atoms with van der Waals surface area (Å²) in [6, 6.07) is 22.6. The molecule has 2 aromatic heterocycles. The van der Waals surface area contributed by atoms with Crippen LogP contribution in [0.25, 0.3) is 16.9 Å². The van der Waals surface area contributed by atoms with Crippen LogP contribution in [-0.2, 0) is 9.59 Å². The Morgan fingerprint density at radius 1 is 0.971 bits per heavy atom. The zero-order chi connectivity index (χ0) is 23.5. The van der Waals surface area contributed by atoms with Gasteiger partial charge in [-0.3, -0.25) is 9.59 Å². The minimum absolute atomic E-state index is 0.145. The molecule has 0 unspecified atom stereocenters. The molecular formula is C26H22N4O4. The molecule has 34 heavy (non-hydrogen) atoms. The summed E-state index contributed by atoms with van der Waals surface area (Å²) in [7, 11) is 0. The van der Waals surface area contributed by atoms with Gasteiger partial charge in [0.15, 0.2) is 0 Å². The number of carbonyl (C=O) groups is 2. The molecule has 1 atom stereocenters. The van der Waals surface area contributed by atoms with Gasteiger partial charge in [0.1, 0.15) is 11.5 Å². The van der Waals surface area contributed by atoms with Crippen LogP contribution >= 0.6 is 0 Å². The van der Waals surface area contributed by atoms with Gasteiger partial charge in [-0.05, 0) is 24.3 Å². The van der Waals surface area contributed by atoms with Crippen molar-refractivity contribution in [3.8, 4) is 16.9 Å². The third-order valence-corrected chi connectivity index (χ3v) is 5.69. The lowest BCUT2D eigenvalue weighted by Gasteiger charge is -2.21. The average Bonchev–Trinajstić information content (AvgIpc) is 3.62. The minimum Gasteiger partial charge on any atom is -0.481 e. The average molecular weight is 454 g/mol. The van der Waals surface area contributed by atoms with Gasteiger partial charge in [0, 0.05) is 30.2 Å². The molecular weight excluding hydrogens is 432 g/mol. The van der Waals surface area contributed by atoms with E-state index in [4.69, 9.17) is 14.6 Å². The van der Waals surface area contributed by atoms with Gasteiger partial charge >= 0.3 is 5.97 Å². The smallest absolute Gasteiger partial charge is 0.303 e. The number of hydrogen-bond acceptors (Lipinski definition) is 5. The first-order valence-corrected chi connectivity index (χ1v) is 11.0. The summed E-state index contributed by atoms with van der Waals surface area (Å²) in [5.74, 6) is -0.808. The van der Waals surface area contributed by atoms with Crippen molar-refractivity contribution in [2.45, 2.75) is 25.3 Å². The van der Waals surface area contributed by atoms with E-state index in [0.717, 1.165) is 22.5 Å². The van der Waals surface area contributed by atoms with Crippen LogP contribution in [0.5, 0.6) is 0 Å². The summed E-state index contributed by atoms with van der Waals surface area (Å²) in [5, 5.41) is 19.9. The number of rotatable bonds is 7. The third-order valence-electron chi connectivity index (χ3n) is 5.69. The Bertz CT molecular complexity index is 1330. The molecule has 170 valence electrons. The van der Waals surface area contributed by atoms with Crippen molar-refractivity contribution in [1.82, 2.24) is 14.8 Å². The lowest BCUT2D eigenvalue weighted by molar-refractivity contribution is -0.141. The molecule has 0 saturated carbocycles. The van der Waals surface area contributed by atoms with Crippen LogP contribution in [0.2, 0.25) is 0 Å². The predicted molar refractivity (Wildman–Crippen MR) is 125 cm³/mol. The number of nitrogens with zero attached hydrogens (tertiary/aromatic N) is 4. The first kappa shape index (κ1) is 21.4. The number of hydrazone groups is 1. The van der Waals surface area contributed by atoms with E-state index in [2.05, 4.69) is 5.10 Å². The van der Waals surface area contributed by atoms with Crippen LogP contribution in [0, 0.1) is 0 Å². The van der Waals surface area contributed by atoms with Crippen molar-refractivity contribution in [3.05, 3.63) is 96.6 Å². The normalized spacial score (nSPS) is 15.4. The number of amides is 1. The highest BCUT2D eigenvalue weighted by Gasteiger charge is 2.36. The number of carbonyl (C=O) groups excluding carboxylic acids is 1. The summed E-state index contributed by atoms with van der Waals surface area (Å²) >= 11 is 0. The van der Waals surface area contributed by atoms with Gasteiger partial charge in [0.2, 0.25) is 5.91 Å². The Morgan fingerprint density at radius 3 is 2.38 bits per heavy atom. The second-order valence-electron chi connectivity index (χ2n) is 7.96. The molecule has 0 aliphatic carbocycles. The SMILES string of the molecule is O=C(O)CCC(=O)N1N=C(c2ccco2)C[C@H]1c1cn(-c2ccccc2)nc1-c1ccccc1. The van der Waals surface area contributed by atoms with E-state index in [1.807, 2.05) is 66.9 Å². The number of carboxylic acid groups (broad SMARTS) is 1. The maximum Gasteiger partial charge on any atom is 0.303 e. The van der Waals surface area contributed by atoms with Crippen molar-refractivity contribution in [3.63, 3.8) is 0 Å². The first-order chi connectivity index (χ1) is 16.6. The Kier molecular flexibility index (Phi) is 5.78. The summed E-state index contributed by atoms with van der Waals surface area (Å²) in [5.41, 5.74) is 3.99. The minimum atomic E-state index is -1.03. The lowest BCUT2D eigenvalue weighted by Crippen LogP contribution is -2.27. The molecule has 1 aliphatic rings. The highest BCUT2D eigenvalue weighted by atomic mass is 16.4. The molecule has 8 nitrogen and oxygen atoms in total. The lowest BCUT2D eigenvalue weighted by atomic mass is 9.98. The molecule has 0 fully saturated rings. The van der Waals surface area contributed by atoms with Crippen LogP contribution in [0.1, 0.15) is 36.6 Å². The van der Waals surface area contributed by atoms with Gasteiger partial charge in [-0.1, -0.05) is 48.5 Å². The molecule has 8 heteroatoms. The quantitative estimate of drug-likeness (QED) is 0.437. The first-order valence-electron chi connectivity index (χ1n) is 11.0. The number of furan rings is 1. The van der Waals surface area contributed by atoms with Crippen molar-refractivity contribution in [2.24, 2.45) is 5.10 Å². The molecule has 4 aromatic rings. The van der Waals surface area contributed by atoms with E-state index in [9.17, 15) is 9.59 Å². The molecule has 0 spiro atoms. The predicted octanol–water partition coefficient (Wildman–Crippen LogP) is 4.67. The van der Waals surface area contributed by atoms with E-state index in [1.54, 1.807) is 23.1 Å². The number of hydrogen-bond donors (Lipinski definition) is 1. The third kappa shape index (κ3) is 4.25. The van der Waals surface area contributed by atoms with Crippen molar-refractivity contribution in [1.29, 1.82) is 0 Å². The number of aromatic nitrogens is 2. The van der Waals surface area contributed by atoms with E-state index in [1.165, 1.54) is 5.01 Å². The largest absolute Gasteiger partial charge is 0.481 e. The van der Waals surface area contributed by atoms with Gasteiger partial charge in [0.05, 0.1) is 30.1 Å².